The maximum atomic E-state index is 5.49. The van der Waals surface area contributed by atoms with Gasteiger partial charge in [-0.2, -0.15) is 0 Å². The average Bonchev–Trinajstić information content (AvgIpc) is 3.14. The molecule has 0 spiro atoms. The van der Waals surface area contributed by atoms with Gasteiger partial charge < -0.3 is 10.1 Å². The molecule has 19 heavy (non-hydrogen) atoms. The van der Waals surface area contributed by atoms with Crippen molar-refractivity contribution in [3.63, 3.8) is 0 Å². The molecule has 1 fully saturated rings. The molecule has 0 bridgehead atoms. The zero-order chi connectivity index (χ0) is 13.9. The molecule has 1 aliphatic carbocycles. The van der Waals surface area contributed by atoms with E-state index in [1.54, 1.807) is 7.11 Å². The van der Waals surface area contributed by atoms with E-state index >= 15 is 0 Å². The molecule has 2 nitrogen and oxygen atoms in total. The van der Waals surface area contributed by atoms with Gasteiger partial charge >= 0.3 is 0 Å². The molecule has 0 heterocycles. The molecule has 1 N–H and O–H groups in total. The van der Waals surface area contributed by atoms with Crippen LogP contribution in [-0.4, -0.2) is 19.7 Å². The Balaban J connectivity index is 2.14. The van der Waals surface area contributed by atoms with Crippen LogP contribution in [0.4, 0.5) is 0 Å². The Kier molecular flexibility index (Phi) is 4.91. The number of benzene rings is 1. The first-order valence-corrected chi connectivity index (χ1v) is 7.94. The summed E-state index contributed by atoms with van der Waals surface area (Å²) in [6, 6.07) is 6.82. The summed E-state index contributed by atoms with van der Waals surface area (Å²) in [6.07, 6.45) is 4.90. The van der Waals surface area contributed by atoms with Crippen LogP contribution in [0.5, 0.6) is 5.75 Å². The number of hydrogen-bond acceptors (Lipinski definition) is 2. The minimum atomic E-state index is 0.475. The number of ether oxygens (including phenoxy) is 1. The van der Waals surface area contributed by atoms with Crippen molar-refractivity contribution in [1.82, 2.24) is 5.32 Å². The predicted molar refractivity (Wildman–Crippen MR) is 83.8 cm³/mol. The molecule has 0 amide bonds. The largest absolute Gasteiger partial charge is 0.496 e. The van der Waals surface area contributed by atoms with E-state index in [0.717, 1.165) is 23.2 Å². The fourth-order valence-electron chi connectivity index (χ4n) is 2.56. The van der Waals surface area contributed by atoms with Gasteiger partial charge in [0, 0.05) is 10.5 Å². The van der Waals surface area contributed by atoms with E-state index in [1.165, 1.54) is 24.8 Å². The van der Waals surface area contributed by atoms with Crippen molar-refractivity contribution in [2.75, 3.05) is 13.7 Å². The molecular weight excluding hydrogens is 302 g/mol. The van der Waals surface area contributed by atoms with Gasteiger partial charge in [0.05, 0.1) is 7.11 Å². The van der Waals surface area contributed by atoms with Crippen LogP contribution in [-0.2, 0) is 6.42 Å². The summed E-state index contributed by atoms with van der Waals surface area (Å²) in [5.74, 6) is 0.996. The van der Waals surface area contributed by atoms with E-state index in [4.69, 9.17) is 4.74 Å². The topological polar surface area (TPSA) is 21.3 Å². The predicted octanol–water partition coefficient (Wildman–Crippen LogP) is 4.17. The molecule has 1 aromatic rings. The Bertz CT molecular complexity index is 429. The lowest BCUT2D eigenvalue weighted by atomic mass is 9.92. The Morgan fingerprint density at radius 3 is 2.74 bits per heavy atom. The van der Waals surface area contributed by atoms with E-state index < -0.39 is 0 Å². The van der Waals surface area contributed by atoms with Crippen molar-refractivity contribution in [1.29, 1.82) is 0 Å². The zero-order valence-electron chi connectivity index (χ0n) is 12.1. The van der Waals surface area contributed by atoms with Crippen LogP contribution < -0.4 is 10.1 Å². The molecule has 1 atom stereocenters. The van der Waals surface area contributed by atoms with E-state index in [0.29, 0.717) is 11.5 Å². The molecule has 1 aromatic carbocycles. The smallest absolute Gasteiger partial charge is 0.122 e. The van der Waals surface area contributed by atoms with Crippen LogP contribution >= 0.6 is 15.9 Å². The van der Waals surface area contributed by atoms with E-state index in [1.807, 2.05) is 12.1 Å². The van der Waals surface area contributed by atoms with Gasteiger partial charge in [-0.3, -0.25) is 0 Å². The van der Waals surface area contributed by atoms with Crippen LogP contribution in [0.3, 0.4) is 0 Å². The monoisotopic (exact) mass is 325 g/mol. The van der Waals surface area contributed by atoms with E-state index in [9.17, 15) is 0 Å². The molecule has 1 aliphatic rings. The highest BCUT2D eigenvalue weighted by atomic mass is 79.9. The van der Waals surface area contributed by atoms with Crippen LogP contribution in [0.2, 0.25) is 0 Å². The lowest BCUT2D eigenvalue weighted by molar-refractivity contribution is 0.346. The number of rotatable bonds is 7. The second-order valence-corrected chi connectivity index (χ2v) is 6.74. The van der Waals surface area contributed by atoms with Gasteiger partial charge in [-0.15, -0.1) is 0 Å². The molecule has 2 rings (SSSR count). The third-order valence-corrected chi connectivity index (χ3v) is 4.68. The highest BCUT2D eigenvalue weighted by Gasteiger charge is 2.44. The van der Waals surface area contributed by atoms with Gasteiger partial charge in [0.2, 0.25) is 0 Å². The molecule has 3 heteroatoms. The summed E-state index contributed by atoms with van der Waals surface area (Å²) >= 11 is 3.56. The lowest BCUT2D eigenvalue weighted by Crippen LogP contribution is -2.38. The maximum Gasteiger partial charge on any atom is 0.122 e. The number of nitrogens with one attached hydrogen (secondary N) is 1. The van der Waals surface area contributed by atoms with Crippen molar-refractivity contribution in [2.24, 2.45) is 5.41 Å². The minimum Gasteiger partial charge on any atom is -0.496 e. The maximum absolute atomic E-state index is 5.49. The second kappa shape index (κ2) is 6.27. The van der Waals surface area contributed by atoms with Crippen LogP contribution in [0.15, 0.2) is 22.7 Å². The van der Waals surface area contributed by atoms with Crippen molar-refractivity contribution < 1.29 is 4.74 Å². The molecular formula is C16H24BrNO. The first-order chi connectivity index (χ1) is 9.09. The van der Waals surface area contributed by atoms with E-state index in [2.05, 4.69) is 41.2 Å². The quantitative estimate of drug-likeness (QED) is 0.812. The highest BCUT2D eigenvalue weighted by Crippen LogP contribution is 2.49. The highest BCUT2D eigenvalue weighted by molar-refractivity contribution is 9.10. The molecule has 0 saturated heterocycles. The fourth-order valence-corrected chi connectivity index (χ4v) is 2.96. The van der Waals surface area contributed by atoms with Crippen LogP contribution in [0.25, 0.3) is 0 Å². The summed E-state index contributed by atoms with van der Waals surface area (Å²) < 4.78 is 6.61. The van der Waals surface area contributed by atoms with Gasteiger partial charge in [-0.1, -0.05) is 29.8 Å². The second-order valence-electron chi connectivity index (χ2n) is 5.82. The molecule has 1 saturated carbocycles. The summed E-state index contributed by atoms with van der Waals surface area (Å²) in [7, 11) is 1.75. The molecule has 106 valence electrons. The zero-order valence-corrected chi connectivity index (χ0v) is 13.7. The van der Waals surface area contributed by atoms with Crippen molar-refractivity contribution in [3.8, 4) is 5.75 Å². The molecule has 0 radical (unpaired) electrons. The standard InChI is InChI=1S/C16H24BrNO/c1-4-9-18-15(16(2)7-8-16)11-12-10-13(17)5-6-14(12)19-3/h5-6,10,15,18H,4,7-9,11H2,1-3H3. The molecule has 0 aliphatic heterocycles. The van der Waals surface area contributed by atoms with Gasteiger partial charge in [0.25, 0.3) is 0 Å². The lowest BCUT2D eigenvalue weighted by Gasteiger charge is -2.26. The number of hydrogen-bond donors (Lipinski definition) is 1. The number of halogens is 1. The van der Waals surface area contributed by atoms with Gasteiger partial charge in [0.1, 0.15) is 5.75 Å². The van der Waals surface area contributed by atoms with Gasteiger partial charge in [-0.25, -0.2) is 0 Å². The Morgan fingerprint density at radius 1 is 1.42 bits per heavy atom. The van der Waals surface area contributed by atoms with Crippen LogP contribution in [0, 0.1) is 5.41 Å². The van der Waals surface area contributed by atoms with Gasteiger partial charge in [-0.05, 0) is 61.4 Å². The van der Waals surface area contributed by atoms with Crippen molar-refractivity contribution in [3.05, 3.63) is 28.2 Å². The summed E-state index contributed by atoms with van der Waals surface area (Å²) in [6.45, 7) is 5.71. The molecule has 0 aromatic heterocycles. The Morgan fingerprint density at radius 2 is 2.16 bits per heavy atom. The fraction of sp³-hybridized carbons (Fsp3) is 0.625. The third-order valence-electron chi connectivity index (χ3n) is 4.19. The minimum absolute atomic E-state index is 0.475. The summed E-state index contributed by atoms with van der Waals surface area (Å²) in [4.78, 5) is 0. The van der Waals surface area contributed by atoms with Crippen LogP contribution in [0.1, 0.15) is 38.7 Å². The molecule has 1 unspecified atom stereocenters. The van der Waals surface area contributed by atoms with Gasteiger partial charge in [0.15, 0.2) is 0 Å². The number of methoxy groups -OCH3 is 1. The Hall–Kier alpha value is -0.540. The SMILES string of the molecule is CCCNC(Cc1cc(Br)ccc1OC)C1(C)CC1. The van der Waals surface area contributed by atoms with E-state index in [-0.39, 0.29) is 0 Å². The summed E-state index contributed by atoms with van der Waals surface area (Å²) in [5, 5.41) is 3.72. The van der Waals surface area contributed by atoms with Crippen molar-refractivity contribution >= 4 is 15.9 Å². The summed E-state index contributed by atoms with van der Waals surface area (Å²) in [5.41, 5.74) is 1.77. The Labute approximate surface area is 125 Å². The first-order valence-electron chi connectivity index (χ1n) is 7.15. The third kappa shape index (κ3) is 3.73. The normalized spacial score (nSPS) is 18.1. The van der Waals surface area contributed by atoms with Crippen molar-refractivity contribution in [2.45, 2.75) is 45.6 Å². The average molecular weight is 326 g/mol. The first kappa shape index (κ1) is 14.9.